The summed E-state index contributed by atoms with van der Waals surface area (Å²) in [6, 6.07) is 6.25. The van der Waals surface area contributed by atoms with Crippen molar-refractivity contribution in [2.45, 2.75) is 45.2 Å². The topological polar surface area (TPSA) is 29.3 Å². The molecule has 1 rings (SSSR count). The molecule has 2 unspecified atom stereocenters. The standard InChI is InChI=1S/C15H25ClN2/c1-6-15(3,18(4)5)14(17)10-12-8-7-11(2)9-13(12)16/h7-9,14H,6,10,17H2,1-5H3. The second-order valence-electron chi connectivity index (χ2n) is 5.51. The Kier molecular flexibility index (Phi) is 5.20. The molecule has 3 heteroatoms. The molecule has 0 saturated heterocycles. The lowest BCUT2D eigenvalue weighted by Crippen LogP contribution is -2.55. The van der Waals surface area contributed by atoms with E-state index in [1.165, 1.54) is 5.56 Å². The number of likely N-dealkylation sites (N-methyl/N-ethyl adjacent to an activating group) is 1. The molecular weight excluding hydrogens is 244 g/mol. The quantitative estimate of drug-likeness (QED) is 0.888. The summed E-state index contributed by atoms with van der Waals surface area (Å²) in [6.07, 6.45) is 1.83. The molecule has 0 saturated carbocycles. The summed E-state index contributed by atoms with van der Waals surface area (Å²) in [5.74, 6) is 0. The van der Waals surface area contributed by atoms with Gasteiger partial charge in [-0.05, 0) is 58.0 Å². The summed E-state index contributed by atoms with van der Waals surface area (Å²) in [6.45, 7) is 6.43. The maximum atomic E-state index is 6.40. The Balaban J connectivity index is 2.89. The van der Waals surface area contributed by atoms with Gasteiger partial charge in [0.1, 0.15) is 0 Å². The van der Waals surface area contributed by atoms with Gasteiger partial charge in [0.25, 0.3) is 0 Å². The zero-order chi connectivity index (χ0) is 13.9. The normalized spacial score (nSPS) is 16.7. The van der Waals surface area contributed by atoms with Crippen LogP contribution in [-0.4, -0.2) is 30.6 Å². The monoisotopic (exact) mass is 268 g/mol. The zero-order valence-corrected chi connectivity index (χ0v) is 12.9. The molecule has 0 aliphatic carbocycles. The number of nitrogens with two attached hydrogens (primary N) is 1. The first kappa shape index (κ1) is 15.5. The van der Waals surface area contributed by atoms with Crippen molar-refractivity contribution >= 4 is 11.6 Å². The number of benzene rings is 1. The summed E-state index contributed by atoms with van der Waals surface area (Å²) in [5.41, 5.74) is 8.72. The van der Waals surface area contributed by atoms with E-state index in [-0.39, 0.29) is 11.6 Å². The first-order valence-corrected chi connectivity index (χ1v) is 6.87. The highest BCUT2D eigenvalue weighted by molar-refractivity contribution is 6.31. The van der Waals surface area contributed by atoms with Crippen LogP contribution in [0.5, 0.6) is 0 Å². The van der Waals surface area contributed by atoms with Gasteiger partial charge in [-0.25, -0.2) is 0 Å². The predicted molar refractivity (Wildman–Crippen MR) is 80.3 cm³/mol. The van der Waals surface area contributed by atoms with Gasteiger partial charge in [-0.3, -0.25) is 0 Å². The molecule has 0 bridgehead atoms. The third kappa shape index (κ3) is 3.25. The van der Waals surface area contributed by atoms with Crippen LogP contribution in [0.1, 0.15) is 31.4 Å². The van der Waals surface area contributed by atoms with Crippen LogP contribution in [0.2, 0.25) is 5.02 Å². The van der Waals surface area contributed by atoms with Crippen molar-refractivity contribution in [3.63, 3.8) is 0 Å². The largest absolute Gasteiger partial charge is 0.326 e. The lowest BCUT2D eigenvalue weighted by Gasteiger charge is -2.41. The van der Waals surface area contributed by atoms with Crippen LogP contribution < -0.4 is 5.73 Å². The third-order valence-corrected chi connectivity index (χ3v) is 4.54. The van der Waals surface area contributed by atoms with Gasteiger partial charge in [-0.2, -0.15) is 0 Å². The van der Waals surface area contributed by atoms with Crippen molar-refractivity contribution in [2.75, 3.05) is 14.1 Å². The number of hydrogen-bond donors (Lipinski definition) is 1. The molecule has 1 aromatic rings. The highest BCUT2D eigenvalue weighted by atomic mass is 35.5. The molecule has 2 nitrogen and oxygen atoms in total. The van der Waals surface area contributed by atoms with E-state index in [1.807, 2.05) is 13.0 Å². The molecule has 1 aromatic carbocycles. The van der Waals surface area contributed by atoms with Gasteiger partial charge in [-0.15, -0.1) is 0 Å². The summed E-state index contributed by atoms with van der Waals surface area (Å²) in [5, 5.41) is 0.822. The Morgan fingerprint density at radius 2 is 2.00 bits per heavy atom. The van der Waals surface area contributed by atoms with Crippen molar-refractivity contribution in [1.29, 1.82) is 0 Å². The van der Waals surface area contributed by atoms with Crippen LogP contribution in [0.25, 0.3) is 0 Å². The van der Waals surface area contributed by atoms with Crippen LogP contribution in [0, 0.1) is 6.92 Å². The van der Waals surface area contributed by atoms with Crippen LogP contribution in [0.3, 0.4) is 0 Å². The summed E-state index contributed by atoms with van der Waals surface area (Å²) in [4.78, 5) is 2.21. The van der Waals surface area contributed by atoms with Gasteiger partial charge >= 0.3 is 0 Å². The van der Waals surface area contributed by atoms with Gasteiger partial charge in [0, 0.05) is 16.6 Å². The lowest BCUT2D eigenvalue weighted by atomic mass is 9.84. The highest BCUT2D eigenvalue weighted by Gasteiger charge is 2.32. The average Bonchev–Trinajstić information content (AvgIpc) is 2.31. The first-order valence-electron chi connectivity index (χ1n) is 6.49. The molecule has 0 radical (unpaired) electrons. The Labute approximate surface area is 116 Å². The Hall–Kier alpha value is -0.570. The van der Waals surface area contributed by atoms with E-state index in [9.17, 15) is 0 Å². The molecule has 2 atom stereocenters. The molecule has 102 valence electrons. The number of aryl methyl sites for hydroxylation is 1. The van der Waals surface area contributed by atoms with Crippen LogP contribution >= 0.6 is 11.6 Å². The zero-order valence-electron chi connectivity index (χ0n) is 12.1. The fraction of sp³-hybridized carbons (Fsp3) is 0.600. The molecule has 0 heterocycles. The van der Waals surface area contributed by atoms with E-state index in [0.29, 0.717) is 0 Å². The fourth-order valence-corrected chi connectivity index (χ4v) is 2.50. The second-order valence-corrected chi connectivity index (χ2v) is 5.92. The van der Waals surface area contributed by atoms with Gasteiger partial charge in [0.2, 0.25) is 0 Å². The van der Waals surface area contributed by atoms with E-state index in [4.69, 9.17) is 17.3 Å². The smallest absolute Gasteiger partial charge is 0.0441 e. The van der Waals surface area contributed by atoms with Crippen molar-refractivity contribution < 1.29 is 0 Å². The van der Waals surface area contributed by atoms with Crippen molar-refractivity contribution in [1.82, 2.24) is 4.90 Å². The van der Waals surface area contributed by atoms with Crippen LogP contribution in [-0.2, 0) is 6.42 Å². The second kappa shape index (κ2) is 6.05. The maximum Gasteiger partial charge on any atom is 0.0441 e. The molecule has 0 aromatic heterocycles. The SMILES string of the molecule is CCC(C)(C(N)Cc1ccc(C)cc1Cl)N(C)C. The van der Waals surface area contributed by atoms with E-state index >= 15 is 0 Å². The van der Waals surface area contributed by atoms with Crippen molar-refractivity contribution in [2.24, 2.45) is 5.73 Å². The minimum absolute atomic E-state index is 0.00574. The molecule has 0 aliphatic rings. The van der Waals surface area contributed by atoms with Gasteiger partial charge in [-0.1, -0.05) is 30.7 Å². The van der Waals surface area contributed by atoms with E-state index in [1.54, 1.807) is 0 Å². The summed E-state index contributed by atoms with van der Waals surface area (Å²) >= 11 is 6.28. The summed E-state index contributed by atoms with van der Waals surface area (Å²) in [7, 11) is 4.17. The lowest BCUT2D eigenvalue weighted by molar-refractivity contribution is 0.131. The molecule has 18 heavy (non-hydrogen) atoms. The van der Waals surface area contributed by atoms with Crippen LogP contribution in [0.15, 0.2) is 18.2 Å². The number of nitrogens with zero attached hydrogens (tertiary/aromatic N) is 1. The minimum Gasteiger partial charge on any atom is -0.326 e. The van der Waals surface area contributed by atoms with Crippen molar-refractivity contribution in [3.05, 3.63) is 34.3 Å². The van der Waals surface area contributed by atoms with E-state index in [0.717, 1.165) is 23.4 Å². The first-order chi connectivity index (χ1) is 8.31. The van der Waals surface area contributed by atoms with Crippen molar-refractivity contribution in [3.8, 4) is 0 Å². The molecule has 0 aliphatic heterocycles. The highest BCUT2D eigenvalue weighted by Crippen LogP contribution is 2.25. The van der Waals surface area contributed by atoms with Gasteiger partial charge < -0.3 is 10.6 Å². The Bertz CT molecular complexity index is 403. The molecule has 2 N–H and O–H groups in total. The molecule has 0 amide bonds. The Morgan fingerprint density at radius 3 is 2.44 bits per heavy atom. The summed E-state index contributed by atoms with van der Waals surface area (Å²) < 4.78 is 0. The fourth-order valence-electron chi connectivity index (χ4n) is 2.18. The van der Waals surface area contributed by atoms with Gasteiger partial charge in [0.15, 0.2) is 0 Å². The Morgan fingerprint density at radius 1 is 1.39 bits per heavy atom. The maximum absolute atomic E-state index is 6.40. The third-order valence-electron chi connectivity index (χ3n) is 4.18. The molecular formula is C15H25ClN2. The minimum atomic E-state index is -0.00574. The molecule has 0 spiro atoms. The number of halogens is 1. The number of rotatable bonds is 5. The van der Waals surface area contributed by atoms with E-state index < -0.39 is 0 Å². The van der Waals surface area contributed by atoms with Crippen LogP contribution in [0.4, 0.5) is 0 Å². The molecule has 0 fully saturated rings. The van der Waals surface area contributed by atoms with Gasteiger partial charge in [0.05, 0.1) is 0 Å². The number of hydrogen-bond acceptors (Lipinski definition) is 2. The average molecular weight is 269 g/mol. The van der Waals surface area contributed by atoms with E-state index in [2.05, 4.69) is 45.0 Å². The predicted octanol–water partition coefficient (Wildman–Crippen LogP) is 3.25.